The molecule has 94 valence electrons. The summed E-state index contributed by atoms with van der Waals surface area (Å²) in [5.41, 5.74) is 2.18. The smallest absolute Gasteiger partial charge is 0.123 e. The summed E-state index contributed by atoms with van der Waals surface area (Å²) in [4.78, 5) is 4.07. The Morgan fingerprint density at radius 3 is 2.89 bits per heavy atom. The van der Waals surface area contributed by atoms with Crippen molar-refractivity contribution in [3.05, 3.63) is 65.7 Å². The first kappa shape index (κ1) is 12.7. The van der Waals surface area contributed by atoms with Gasteiger partial charge >= 0.3 is 0 Å². The number of hydrogen-bond acceptors (Lipinski definition) is 2. The Hall–Kier alpha value is -1.74. The molecular weight excluding hydrogens is 227 g/mol. The van der Waals surface area contributed by atoms with Gasteiger partial charge in [0.1, 0.15) is 5.82 Å². The number of halogens is 1. The van der Waals surface area contributed by atoms with Crippen LogP contribution in [0.3, 0.4) is 0 Å². The SMILES string of the molecule is C[C@@H](NCCc1cccnc1)c1cccc(F)c1. The van der Waals surface area contributed by atoms with Gasteiger partial charge in [-0.05, 0) is 49.2 Å². The summed E-state index contributed by atoms with van der Waals surface area (Å²) < 4.78 is 13.1. The molecule has 0 bridgehead atoms. The van der Waals surface area contributed by atoms with Gasteiger partial charge in [0, 0.05) is 18.4 Å². The first-order valence-corrected chi connectivity index (χ1v) is 6.13. The summed E-state index contributed by atoms with van der Waals surface area (Å²) in [5, 5.41) is 3.38. The van der Waals surface area contributed by atoms with Gasteiger partial charge in [-0.25, -0.2) is 4.39 Å². The largest absolute Gasteiger partial charge is 0.310 e. The normalized spacial score (nSPS) is 12.3. The zero-order valence-electron chi connectivity index (χ0n) is 10.4. The van der Waals surface area contributed by atoms with E-state index in [9.17, 15) is 4.39 Å². The topological polar surface area (TPSA) is 24.9 Å². The molecule has 0 aliphatic rings. The second-order valence-corrected chi connectivity index (χ2v) is 4.34. The van der Waals surface area contributed by atoms with E-state index < -0.39 is 0 Å². The molecule has 0 unspecified atom stereocenters. The number of benzene rings is 1. The number of aromatic nitrogens is 1. The highest BCUT2D eigenvalue weighted by atomic mass is 19.1. The molecular formula is C15H17FN2. The van der Waals surface area contributed by atoms with E-state index in [2.05, 4.69) is 16.4 Å². The lowest BCUT2D eigenvalue weighted by Gasteiger charge is -2.14. The van der Waals surface area contributed by atoms with Gasteiger partial charge in [0.05, 0.1) is 0 Å². The van der Waals surface area contributed by atoms with Crippen molar-refractivity contribution >= 4 is 0 Å². The average molecular weight is 244 g/mol. The Bertz CT molecular complexity index is 485. The number of nitrogens with zero attached hydrogens (tertiary/aromatic N) is 1. The molecule has 0 aliphatic carbocycles. The molecule has 1 atom stereocenters. The van der Waals surface area contributed by atoms with E-state index in [4.69, 9.17) is 0 Å². The molecule has 1 aromatic heterocycles. The molecule has 18 heavy (non-hydrogen) atoms. The number of rotatable bonds is 5. The summed E-state index contributed by atoms with van der Waals surface area (Å²) in [6, 6.07) is 10.9. The van der Waals surface area contributed by atoms with Gasteiger partial charge in [0.15, 0.2) is 0 Å². The van der Waals surface area contributed by atoms with Crippen LogP contribution in [0.1, 0.15) is 24.1 Å². The van der Waals surface area contributed by atoms with Crippen molar-refractivity contribution in [3.8, 4) is 0 Å². The molecule has 0 saturated carbocycles. The average Bonchev–Trinajstić information content (AvgIpc) is 2.40. The van der Waals surface area contributed by atoms with Gasteiger partial charge in [-0.2, -0.15) is 0 Å². The van der Waals surface area contributed by atoms with Crippen LogP contribution >= 0.6 is 0 Å². The molecule has 0 fully saturated rings. The predicted octanol–water partition coefficient (Wildman–Crippen LogP) is 3.11. The second-order valence-electron chi connectivity index (χ2n) is 4.34. The van der Waals surface area contributed by atoms with Crippen molar-refractivity contribution in [1.82, 2.24) is 10.3 Å². The van der Waals surface area contributed by atoms with Crippen molar-refractivity contribution in [2.24, 2.45) is 0 Å². The van der Waals surface area contributed by atoms with Gasteiger partial charge in [-0.1, -0.05) is 18.2 Å². The zero-order chi connectivity index (χ0) is 12.8. The predicted molar refractivity (Wildman–Crippen MR) is 70.8 cm³/mol. The lowest BCUT2D eigenvalue weighted by molar-refractivity contribution is 0.567. The minimum Gasteiger partial charge on any atom is -0.310 e. The summed E-state index contributed by atoms with van der Waals surface area (Å²) in [6.07, 6.45) is 4.56. The monoisotopic (exact) mass is 244 g/mol. The van der Waals surface area contributed by atoms with E-state index in [1.807, 2.05) is 25.3 Å². The molecule has 0 saturated heterocycles. The van der Waals surface area contributed by atoms with Gasteiger partial charge in [-0.15, -0.1) is 0 Å². The molecule has 0 radical (unpaired) electrons. The maximum absolute atomic E-state index is 13.1. The molecule has 1 N–H and O–H groups in total. The van der Waals surface area contributed by atoms with Crippen LogP contribution in [-0.2, 0) is 6.42 Å². The van der Waals surface area contributed by atoms with Crippen LogP contribution < -0.4 is 5.32 Å². The first-order chi connectivity index (χ1) is 8.75. The highest BCUT2D eigenvalue weighted by Gasteiger charge is 2.05. The fourth-order valence-electron chi connectivity index (χ4n) is 1.87. The quantitative estimate of drug-likeness (QED) is 0.874. The lowest BCUT2D eigenvalue weighted by atomic mass is 10.1. The molecule has 0 amide bonds. The van der Waals surface area contributed by atoms with Crippen LogP contribution in [-0.4, -0.2) is 11.5 Å². The van der Waals surface area contributed by atoms with Gasteiger partial charge in [-0.3, -0.25) is 4.98 Å². The van der Waals surface area contributed by atoms with Crippen molar-refractivity contribution in [2.75, 3.05) is 6.54 Å². The molecule has 1 heterocycles. The third-order valence-electron chi connectivity index (χ3n) is 2.94. The van der Waals surface area contributed by atoms with Crippen LogP contribution in [0.15, 0.2) is 48.8 Å². The lowest BCUT2D eigenvalue weighted by Crippen LogP contribution is -2.21. The fourth-order valence-corrected chi connectivity index (χ4v) is 1.87. The fraction of sp³-hybridized carbons (Fsp3) is 0.267. The van der Waals surface area contributed by atoms with Crippen molar-refractivity contribution in [1.29, 1.82) is 0 Å². The van der Waals surface area contributed by atoms with Crippen LogP contribution in [0.5, 0.6) is 0 Å². The molecule has 1 aromatic carbocycles. The Morgan fingerprint density at radius 2 is 2.17 bits per heavy atom. The maximum atomic E-state index is 13.1. The Balaban J connectivity index is 1.83. The van der Waals surface area contributed by atoms with Gasteiger partial charge in [0.25, 0.3) is 0 Å². The van der Waals surface area contributed by atoms with Crippen LogP contribution in [0.4, 0.5) is 4.39 Å². The van der Waals surface area contributed by atoms with Crippen molar-refractivity contribution in [3.63, 3.8) is 0 Å². The van der Waals surface area contributed by atoms with E-state index >= 15 is 0 Å². The molecule has 3 heteroatoms. The van der Waals surface area contributed by atoms with Crippen LogP contribution in [0, 0.1) is 5.82 Å². The van der Waals surface area contributed by atoms with Gasteiger partial charge < -0.3 is 5.32 Å². The van der Waals surface area contributed by atoms with Crippen LogP contribution in [0.25, 0.3) is 0 Å². The minimum atomic E-state index is -0.187. The minimum absolute atomic E-state index is 0.150. The molecule has 2 aromatic rings. The van der Waals surface area contributed by atoms with E-state index in [1.54, 1.807) is 18.3 Å². The van der Waals surface area contributed by atoms with Gasteiger partial charge in [0.2, 0.25) is 0 Å². The van der Waals surface area contributed by atoms with E-state index in [1.165, 1.54) is 11.6 Å². The van der Waals surface area contributed by atoms with Crippen LogP contribution in [0.2, 0.25) is 0 Å². The summed E-state index contributed by atoms with van der Waals surface area (Å²) >= 11 is 0. The summed E-state index contributed by atoms with van der Waals surface area (Å²) in [5.74, 6) is -0.187. The third-order valence-corrected chi connectivity index (χ3v) is 2.94. The third kappa shape index (κ3) is 3.64. The highest BCUT2D eigenvalue weighted by Crippen LogP contribution is 2.13. The Kier molecular flexibility index (Phi) is 4.42. The second kappa shape index (κ2) is 6.26. The van der Waals surface area contributed by atoms with E-state index in [0.29, 0.717) is 0 Å². The summed E-state index contributed by atoms with van der Waals surface area (Å²) in [6.45, 7) is 2.89. The molecule has 2 rings (SSSR count). The number of pyridine rings is 1. The molecule has 0 spiro atoms. The van der Waals surface area contributed by atoms with E-state index in [0.717, 1.165) is 18.5 Å². The molecule has 0 aliphatic heterocycles. The van der Waals surface area contributed by atoms with Crippen molar-refractivity contribution in [2.45, 2.75) is 19.4 Å². The zero-order valence-corrected chi connectivity index (χ0v) is 10.4. The first-order valence-electron chi connectivity index (χ1n) is 6.13. The standard InChI is InChI=1S/C15H17FN2/c1-12(14-5-2-6-15(16)10-14)18-9-7-13-4-3-8-17-11-13/h2-6,8,10-12,18H,7,9H2,1H3/t12-/m1/s1. The highest BCUT2D eigenvalue weighted by molar-refractivity contribution is 5.19. The Morgan fingerprint density at radius 1 is 1.28 bits per heavy atom. The molecule has 2 nitrogen and oxygen atoms in total. The Labute approximate surface area is 107 Å². The number of nitrogens with one attached hydrogen (secondary N) is 1. The number of hydrogen-bond donors (Lipinski definition) is 1. The maximum Gasteiger partial charge on any atom is 0.123 e. The van der Waals surface area contributed by atoms with Crippen molar-refractivity contribution < 1.29 is 4.39 Å². The van der Waals surface area contributed by atoms with E-state index in [-0.39, 0.29) is 11.9 Å². The summed E-state index contributed by atoms with van der Waals surface area (Å²) in [7, 11) is 0.